The van der Waals surface area contributed by atoms with Crippen LogP contribution in [0, 0.1) is 0 Å². The van der Waals surface area contributed by atoms with Gasteiger partial charge in [-0.2, -0.15) is 0 Å². The molecule has 1 N–H and O–H groups in total. The van der Waals surface area contributed by atoms with Gasteiger partial charge in [-0.15, -0.1) is 0 Å². The fourth-order valence-electron chi connectivity index (χ4n) is 9.35. The molecule has 0 heterocycles. The Kier molecular flexibility index (Phi) is 58.8. The number of hydrogen-bond acceptors (Lipinski definition) is 7. The molecule has 0 aliphatic carbocycles. The van der Waals surface area contributed by atoms with E-state index in [1.165, 1.54) is 180 Å². The van der Waals surface area contributed by atoms with Crippen molar-refractivity contribution in [1.29, 1.82) is 0 Å². The minimum Gasteiger partial charge on any atom is -0.477 e. The van der Waals surface area contributed by atoms with Crippen molar-refractivity contribution in [3.8, 4) is 0 Å². The Morgan fingerprint density at radius 2 is 0.713 bits per heavy atom. The Balaban J connectivity index is 4.13. The van der Waals surface area contributed by atoms with Crippen molar-refractivity contribution in [2.75, 3.05) is 47.5 Å². The fraction of sp³-hybridized carbons (Fsp3) is 0.761. The molecule has 0 aromatic rings. The largest absolute Gasteiger partial charge is 0.477 e. The molecule has 0 saturated carbocycles. The number of esters is 2. The number of likely N-dealkylation sites (N-methyl/N-ethyl adjacent to an activating group) is 1. The molecular formula is C71H126NO8+. The van der Waals surface area contributed by atoms with Crippen molar-refractivity contribution in [2.45, 2.75) is 302 Å². The number of aliphatic carboxylic acids is 1. The summed E-state index contributed by atoms with van der Waals surface area (Å²) in [5.41, 5.74) is 0. The standard InChI is InChI=1S/C71H125NO8/c1-6-8-10-12-14-16-18-20-22-24-26-28-29-30-31-32-33-34-35-36-37-38-39-40-41-42-44-46-48-50-52-54-56-58-60-62-69(74)80-67(66-79-71(70(75)76)77-64-63-72(3,4)5)65-78-68(73)61-59-57-55-53-51-49-47-45-43-27-25-23-21-19-17-15-13-11-9-7-2/h8,10,14,16,20,22,26,28,30-31,33-34,36-37,67,71H,6-7,9,11-13,15,17-19,21,23-25,27,29,32,35,38-66H2,1-5H3/p+1/b10-8-,16-14-,22-20-,28-26-,31-30-,34-33-,37-36-. The summed E-state index contributed by atoms with van der Waals surface area (Å²) in [5.74, 6) is -1.99. The Bertz CT molecular complexity index is 1590. The molecule has 0 saturated heterocycles. The molecule has 9 heteroatoms. The fourth-order valence-corrected chi connectivity index (χ4v) is 9.35. The molecule has 0 rings (SSSR count). The SMILES string of the molecule is CC/C=C\C/C=C\C/C=C\C/C=C\C/C=C\C/C=C\C/C=C\CCCCCCCCCCCCCCCC(=O)OC(COC(=O)CCCCCCCCCCCCCCCCCCCCCC)COC(OCC[N+](C)(C)C)C(=O)O. The second-order valence-corrected chi connectivity index (χ2v) is 23.4. The summed E-state index contributed by atoms with van der Waals surface area (Å²) in [6.07, 6.45) is 79.6. The number of unbranched alkanes of at least 4 members (excludes halogenated alkanes) is 32. The van der Waals surface area contributed by atoms with E-state index in [-0.39, 0.29) is 32.2 Å². The van der Waals surface area contributed by atoms with Crippen molar-refractivity contribution >= 4 is 17.9 Å². The number of allylic oxidation sites excluding steroid dienone is 14. The van der Waals surface area contributed by atoms with E-state index in [1.807, 2.05) is 21.1 Å². The van der Waals surface area contributed by atoms with Crippen LogP contribution in [-0.4, -0.2) is 87.4 Å². The smallest absolute Gasteiger partial charge is 0.361 e. The molecular weight excluding hydrogens is 995 g/mol. The summed E-state index contributed by atoms with van der Waals surface area (Å²) in [4.78, 5) is 37.5. The second-order valence-electron chi connectivity index (χ2n) is 23.4. The van der Waals surface area contributed by atoms with Gasteiger partial charge in [-0.3, -0.25) is 9.59 Å². The summed E-state index contributed by atoms with van der Waals surface area (Å²) in [6.45, 7) is 4.80. The van der Waals surface area contributed by atoms with Crippen molar-refractivity contribution in [1.82, 2.24) is 0 Å². The molecule has 80 heavy (non-hydrogen) atoms. The predicted molar refractivity (Wildman–Crippen MR) is 341 cm³/mol. The zero-order chi connectivity index (χ0) is 58.3. The summed E-state index contributed by atoms with van der Waals surface area (Å²) < 4.78 is 23.0. The lowest BCUT2D eigenvalue weighted by molar-refractivity contribution is -0.870. The van der Waals surface area contributed by atoms with Crippen LogP contribution in [0.25, 0.3) is 0 Å². The highest BCUT2D eigenvalue weighted by Crippen LogP contribution is 2.17. The molecule has 9 nitrogen and oxygen atoms in total. The molecule has 0 aliphatic heterocycles. The van der Waals surface area contributed by atoms with E-state index in [9.17, 15) is 19.5 Å². The van der Waals surface area contributed by atoms with E-state index >= 15 is 0 Å². The normalized spacial score (nSPS) is 13.3. The van der Waals surface area contributed by atoms with E-state index in [0.29, 0.717) is 17.4 Å². The zero-order valence-electron chi connectivity index (χ0n) is 52.7. The van der Waals surface area contributed by atoms with Gasteiger partial charge in [0.05, 0.1) is 34.4 Å². The molecule has 0 aromatic carbocycles. The Labute approximate surface area is 493 Å². The third kappa shape index (κ3) is 62.1. The summed E-state index contributed by atoms with van der Waals surface area (Å²) in [6, 6.07) is 0. The highest BCUT2D eigenvalue weighted by molar-refractivity contribution is 5.71. The molecule has 2 atom stereocenters. The highest BCUT2D eigenvalue weighted by Gasteiger charge is 2.25. The van der Waals surface area contributed by atoms with Crippen molar-refractivity contribution in [2.24, 2.45) is 0 Å². The van der Waals surface area contributed by atoms with Gasteiger partial charge in [0.1, 0.15) is 13.2 Å². The predicted octanol–water partition coefficient (Wildman–Crippen LogP) is 20.3. The van der Waals surface area contributed by atoms with E-state index in [4.69, 9.17) is 18.9 Å². The average molecular weight is 1120 g/mol. The van der Waals surface area contributed by atoms with Crippen LogP contribution in [0.15, 0.2) is 85.1 Å². The van der Waals surface area contributed by atoms with Crippen LogP contribution in [0.1, 0.15) is 290 Å². The maximum atomic E-state index is 12.9. The van der Waals surface area contributed by atoms with Crippen LogP contribution in [0.2, 0.25) is 0 Å². The van der Waals surface area contributed by atoms with Crippen molar-refractivity contribution < 1.29 is 42.9 Å². The molecule has 0 aliphatic rings. The number of carboxylic acid groups (broad SMARTS) is 1. The first kappa shape index (κ1) is 76.5. The van der Waals surface area contributed by atoms with Gasteiger partial charge < -0.3 is 28.5 Å². The van der Waals surface area contributed by atoms with E-state index in [0.717, 1.165) is 83.5 Å². The van der Waals surface area contributed by atoms with Gasteiger partial charge in [-0.1, -0.05) is 292 Å². The number of quaternary nitrogens is 1. The van der Waals surface area contributed by atoms with Crippen LogP contribution < -0.4 is 0 Å². The lowest BCUT2D eigenvalue weighted by Gasteiger charge is -2.25. The number of carbonyl (C=O) groups is 3. The van der Waals surface area contributed by atoms with Crippen LogP contribution in [0.3, 0.4) is 0 Å². The van der Waals surface area contributed by atoms with Crippen LogP contribution in [0.5, 0.6) is 0 Å². The average Bonchev–Trinajstić information content (AvgIpc) is 3.43. The van der Waals surface area contributed by atoms with Crippen molar-refractivity contribution in [3.05, 3.63) is 85.1 Å². The molecule has 0 radical (unpaired) electrons. The van der Waals surface area contributed by atoms with Crippen LogP contribution >= 0.6 is 0 Å². The summed E-state index contributed by atoms with van der Waals surface area (Å²) in [5, 5.41) is 9.73. The first-order valence-electron chi connectivity index (χ1n) is 33.3. The third-order valence-electron chi connectivity index (χ3n) is 14.4. The van der Waals surface area contributed by atoms with Crippen LogP contribution in [0.4, 0.5) is 0 Å². The molecule has 2 unspecified atom stereocenters. The first-order chi connectivity index (χ1) is 39.1. The minimum atomic E-state index is -1.51. The molecule has 462 valence electrons. The lowest BCUT2D eigenvalue weighted by atomic mass is 10.0. The number of carboxylic acids is 1. The molecule has 0 fully saturated rings. The Hall–Kier alpha value is -3.53. The Morgan fingerprint density at radius 1 is 0.388 bits per heavy atom. The zero-order valence-corrected chi connectivity index (χ0v) is 52.7. The number of hydrogen-bond donors (Lipinski definition) is 1. The van der Waals surface area contributed by atoms with E-state index < -0.39 is 24.3 Å². The number of carbonyl (C=O) groups excluding carboxylic acids is 2. The molecule has 0 aromatic heterocycles. The molecule has 0 spiro atoms. The quantitative estimate of drug-likeness (QED) is 0.0211. The van der Waals surface area contributed by atoms with Gasteiger partial charge in [-0.05, 0) is 70.6 Å². The van der Waals surface area contributed by atoms with Gasteiger partial charge in [0.25, 0.3) is 6.29 Å². The number of rotatable bonds is 61. The third-order valence-corrected chi connectivity index (χ3v) is 14.4. The van der Waals surface area contributed by atoms with Gasteiger partial charge >= 0.3 is 17.9 Å². The van der Waals surface area contributed by atoms with Gasteiger partial charge in [0.2, 0.25) is 0 Å². The van der Waals surface area contributed by atoms with E-state index in [2.05, 4.69) is 98.9 Å². The monoisotopic (exact) mass is 1120 g/mol. The van der Waals surface area contributed by atoms with Crippen molar-refractivity contribution in [3.63, 3.8) is 0 Å². The number of ether oxygens (including phenoxy) is 4. The van der Waals surface area contributed by atoms with Gasteiger partial charge in [0, 0.05) is 12.8 Å². The van der Waals surface area contributed by atoms with E-state index in [1.54, 1.807) is 0 Å². The van der Waals surface area contributed by atoms with Gasteiger partial charge in [0.15, 0.2) is 6.10 Å². The topological polar surface area (TPSA) is 108 Å². The maximum Gasteiger partial charge on any atom is 0.361 e. The molecule has 0 amide bonds. The molecule has 0 bridgehead atoms. The first-order valence-corrected chi connectivity index (χ1v) is 33.3. The van der Waals surface area contributed by atoms with Gasteiger partial charge in [-0.25, -0.2) is 4.79 Å². The summed E-state index contributed by atoms with van der Waals surface area (Å²) >= 11 is 0. The highest BCUT2D eigenvalue weighted by atomic mass is 16.7. The van der Waals surface area contributed by atoms with Crippen LogP contribution in [-0.2, 0) is 33.3 Å². The number of nitrogens with zero attached hydrogens (tertiary/aromatic N) is 1. The maximum absolute atomic E-state index is 12.9. The lowest BCUT2D eigenvalue weighted by Crippen LogP contribution is -2.40. The minimum absolute atomic E-state index is 0.181. The Morgan fingerprint density at radius 3 is 1.06 bits per heavy atom. The second kappa shape index (κ2) is 61.5. The summed E-state index contributed by atoms with van der Waals surface area (Å²) in [7, 11) is 5.98.